The molecule has 2 atom stereocenters. The van der Waals surface area contributed by atoms with Crippen LogP contribution in [0.4, 0.5) is 0 Å². The van der Waals surface area contributed by atoms with Gasteiger partial charge in [0.1, 0.15) is 11.4 Å². The molecule has 4 rings (SSSR count). The molecular formula is C21H22N4O. The Morgan fingerprint density at radius 2 is 1.81 bits per heavy atom. The number of H-pyrrole nitrogens is 1. The SMILES string of the molecule is O=C(N[C@@H]1CCCC[C@H]1c1ccccc1)c1cc(-c2ccccn2)n[nH]1. The van der Waals surface area contributed by atoms with Crippen LogP contribution in [0.1, 0.15) is 47.7 Å². The molecule has 0 aliphatic heterocycles. The summed E-state index contributed by atoms with van der Waals surface area (Å²) in [6, 6.07) is 18.0. The first-order valence-electron chi connectivity index (χ1n) is 9.14. The monoisotopic (exact) mass is 346 g/mol. The number of aromatic nitrogens is 3. The predicted molar refractivity (Wildman–Crippen MR) is 101 cm³/mol. The standard InChI is InChI=1S/C21H22N4O/c26-21(20-14-19(24-25-20)18-12-6-7-13-22-18)23-17-11-5-4-10-16(17)15-8-2-1-3-9-15/h1-3,6-9,12-14,16-17H,4-5,10-11H2,(H,23,26)(H,24,25)/t16-,17+/m0/s1. The van der Waals surface area contributed by atoms with E-state index in [4.69, 9.17) is 0 Å². The smallest absolute Gasteiger partial charge is 0.269 e. The van der Waals surface area contributed by atoms with Gasteiger partial charge in [0.15, 0.2) is 0 Å². The molecule has 2 aromatic heterocycles. The molecule has 3 aromatic rings. The van der Waals surface area contributed by atoms with Gasteiger partial charge in [0, 0.05) is 18.2 Å². The summed E-state index contributed by atoms with van der Waals surface area (Å²) in [7, 11) is 0. The summed E-state index contributed by atoms with van der Waals surface area (Å²) < 4.78 is 0. The summed E-state index contributed by atoms with van der Waals surface area (Å²) in [5.41, 5.74) is 3.21. The first kappa shape index (κ1) is 16.5. The van der Waals surface area contributed by atoms with Crippen molar-refractivity contribution in [1.82, 2.24) is 20.5 Å². The normalized spacial score (nSPS) is 19.8. The summed E-state index contributed by atoms with van der Waals surface area (Å²) in [5.74, 6) is 0.264. The van der Waals surface area contributed by atoms with E-state index in [2.05, 4.69) is 44.8 Å². The minimum Gasteiger partial charge on any atom is -0.347 e. The van der Waals surface area contributed by atoms with Crippen molar-refractivity contribution >= 4 is 5.91 Å². The number of pyridine rings is 1. The van der Waals surface area contributed by atoms with E-state index in [9.17, 15) is 4.79 Å². The third kappa shape index (κ3) is 3.52. The van der Waals surface area contributed by atoms with E-state index in [1.165, 1.54) is 12.0 Å². The number of rotatable bonds is 4. The van der Waals surface area contributed by atoms with Crippen LogP contribution in [-0.4, -0.2) is 27.1 Å². The van der Waals surface area contributed by atoms with Gasteiger partial charge >= 0.3 is 0 Å². The Balaban J connectivity index is 1.49. The molecule has 26 heavy (non-hydrogen) atoms. The van der Waals surface area contributed by atoms with Crippen molar-refractivity contribution in [3.8, 4) is 11.4 Å². The zero-order valence-corrected chi connectivity index (χ0v) is 14.6. The van der Waals surface area contributed by atoms with Gasteiger partial charge in [-0.15, -0.1) is 0 Å². The first-order chi connectivity index (χ1) is 12.8. The van der Waals surface area contributed by atoms with Crippen molar-refractivity contribution in [1.29, 1.82) is 0 Å². The van der Waals surface area contributed by atoms with Gasteiger partial charge in [-0.2, -0.15) is 5.10 Å². The molecule has 0 bridgehead atoms. The van der Waals surface area contributed by atoms with E-state index in [-0.39, 0.29) is 11.9 Å². The Labute approximate surface area is 152 Å². The summed E-state index contributed by atoms with van der Waals surface area (Å²) >= 11 is 0. The van der Waals surface area contributed by atoms with Crippen LogP contribution in [0.3, 0.4) is 0 Å². The molecule has 1 amide bonds. The van der Waals surface area contributed by atoms with E-state index in [1.807, 2.05) is 24.3 Å². The maximum absolute atomic E-state index is 12.7. The van der Waals surface area contributed by atoms with E-state index in [1.54, 1.807) is 12.3 Å². The molecule has 1 aliphatic carbocycles. The van der Waals surface area contributed by atoms with Crippen molar-refractivity contribution in [2.45, 2.75) is 37.6 Å². The van der Waals surface area contributed by atoms with Crippen LogP contribution < -0.4 is 5.32 Å². The molecule has 1 fully saturated rings. The number of carbonyl (C=O) groups excluding carboxylic acids is 1. The second-order valence-corrected chi connectivity index (χ2v) is 6.76. The molecule has 132 valence electrons. The molecule has 1 aliphatic rings. The highest BCUT2D eigenvalue weighted by molar-refractivity contribution is 5.93. The van der Waals surface area contributed by atoms with E-state index >= 15 is 0 Å². The lowest BCUT2D eigenvalue weighted by Gasteiger charge is -2.32. The number of hydrogen-bond acceptors (Lipinski definition) is 3. The van der Waals surface area contributed by atoms with E-state index in [0.29, 0.717) is 17.3 Å². The number of carbonyl (C=O) groups is 1. The average Bonchev–Trinajstić information content (AvgIpc) is 3.20. The fourth-order valence-electron chi connectivity index (χ4n) is 3.73. The van der Waals surface area contributed by atoms with Gasteiger partial charge in [0.2, 0.25) is 0 Å². The summed E-state index contributed by atoms with van der Waals surface area (Å²) in [4.78, 5) is 17.0. The molecule has 0 saturated heterocycles. The van der Waals surface area contributed by atoms with Crippen LogP contribution in [0.25, 0.3) is 11.4 Å². The van der Waals surface area contributed by atoms with Crippen molar-refractivity contribution in [2.75, 3.05) is 0 Å². The van der Waals surface area contributed by atoms with Crippen molar-refractivity contribution in [3.05, 3.63) is 72.1 Å². The minimum absolute atomic E-state index is 0.104. The molecule has 5 nitrogen and oxygen atoms in total. The fourth-order valence-corrected chi connectivity index (χ4v) is 3.73. The van der Waals surface area contributed by atoms with Crippen LogP contribution in [0.15, 0.2) is 60.8 Å². The Morgan fingerprint density at radius 1 is 1.00 bits per heavy atom. The molecule has 0 radical (unpaired) electrons. The first-order valence-corrected chi connectivity index (χ1v) is 9.14. The quantitative estimate of drug-likeness (QED) is 0.752. The van der Waals surface area contributed by atoms with Gasteiger partial charge in [-0.05, 0) is 36.6 Å². The Kier molecular flexibility index (Phi) is 4.78. The maximum Gasteiger partial charge on any atom is 0.269 e. The fraction of sp³-hybridized carbons (Fsp3) is 0.286. The molecule has 1 aromatic carbocycles. The predicted octanol–water partition coefficient (Wildman–Crippen LogP) is 3.93. The minimum atomic E-state index is -0.104. The molecule has 2 N–H and O–H groups in total. The van der Waals surface area contributed by atoms with E-state index < -0.39 is 0 Å². The van der Waals surface area contributed by atoms with Gasteiger partial charge in [0.05, 0.1) is 5.69 Å². The Bertz CT molecular complexity index is 860. The summed E-state index contributed by atoms with van der Waals surface area (Å²) in [6.45, 7) is 0. The molecule has 1 saturated carbocycles. The second kappa shape index (κ2) is 7.52. The number of aromatic amines is 1. The van der Waals surface area contributed by atoms with Crippen LogP contribution in [0.5, 0.6) is 0 Å². The van der Waals surface area contributed by atoms with Crippen molar-refractivity contribution in [3.63, 3.8) is 0 Å². The van der Waals surface area contributed by atoms with Crippen LogP contribution in [-0.2, 0) is 0 Å². The van der Waals surface area contributed by atoms with E-state index in [0.717, 1.165) is 25.0 Å². The lowest BCUT2D eigenvalue weighted by molar-refractivity contribution is 0.0915. The largest absolute Gasteiger partial charge is 0.347 e. The van der Waals surface area contributed by atoms with Crippen molar-refractivity contribution < 1.29 is 4.79 Å². The number of amides is 1. The zero-order chi connectivity index (χ0) is 17.8. The van der Waals surface area contributed by atoms with Gasteiger partial charge in [0.25, 0.3) is 5.91 Å². The molecule has 0 spiro atoms. The van der Waals surface area contributed by atoms with Crippen molar-refractivity contribution in [2.24, 2.45) is 0 Å². The number of benzene rings is 1. The number of nitrogens with zero attached hydrogens (tertiary/aromatic N) is 2. The molecule has 0 unspecified atom stereocenters. The summed E-state index contributed by atoms with van der Waals surface area (Å²) in [5, 5.41) is 10.3. The lowest BCUT2D eigenvalue weighted by atomic mass is 9.80. The topological polar surface area (TPSA) is 70.7 Å². The molecule has 5 heteroatoms. The highest BCUT2D eigenvalue weighted by Gasteiger charge is 2.28. The van der Waals surface area contributed by atoms with Crippen LogP contribution in [0.2, 0.25) is 0 Å². The second-order valence-electron chi connectivity index (χ2n) is 6.76. The number of hydrogen-bond donors (Lipinski definition) is 2. The molecule has 2 heterocycles. The number of nitrogens with one attached hydrogen (secondary N) is 2. The van der Waals surface area contributed by atoms with Gasteiger partial charge in [-0.25, -0.2) is 0 Å². The lowest BCUT2D eigenvalue weighted by Crippen LogP contribution is -2.41. The zero-order valence-electron chi connectivity index (χ0n) is 14.6. The van der Waals surface area contributed by atoms with Gasteiger partial charge in [-0.3, -0.25) is 14.9 Å². The Hall–Kier alpha value is -2.95. The highest BCUT2D eigenvalue weighted by Crippen LogP contribution is 2.33. The average molecular weight is 346 g/mol. The highest BCUT2D eigenvalue weighted by atomic mass is 16.2. The molecular weight excluding hydrogens is 324 g/mol. The van der Waals surface area contributed by atoms with Crippen LogP contribution >= 0.6 is 0 Å². The third-order valence-electron chi connectivity index (χ3n) is 5.06. The van der Waals surface area contributed by atoms with Crippen LogP contribution in [0, 0.1) is 0 Å². The Morgan fingerprint density at radius 3 is 2.62 bits per heavy atom. The van der Waals surface area contributed by atoms with Gasteiger partial charge in [-0.1, -0.05) is 49.2 Å². The van der Waals surface area contributed by atoms with Gasteiger partial charge < -0.3 is 5.32 Å². The third-order valence-corrected chi connectivity index (χ3v) is 5.06. The maximum atomic E-state index is 12.7. The summed E-state index contributed by atoms with van der Waals surface area (Å²) in [6.07, 6.45) is 6.19.